The lowest BCUT2D eigenvalue weighted by molar-refractivity contribution is 0.0353. The molecule has 0 fully saturated rings. The zero-order valence-corrected chi connectivity index (χ0v) is 25.5. The Kier molecular flexibility index (Phi) is 13.3. The van der Waals surface area contributed by atoms with Crippen LogP contribution >= 0.6 is 0 Å². The summed E-state index contributed by atoms with van der Waals surface area (Å²) < 4.78 is 33.6. The maximum Gasteiger partial charge on any atom is 0.254 e. The molecule has 0 aliphatic heterocycles. The number of amides is 2. The van der Waals surface area contributed by atoms with Gasteiger partial charge in [-0.25, -0.2) is 8.78 Å². The average Bonchev–Trinajstić information content (AvgIpc) is 3.00. The summed E-state index contributed by atoms with van der Waals surface area (Å²) in [6.45, 7) is 5.07. The molecular weight excluding hydrogens is 564 g/mol. The Morgan fingerprint density at radius 1 is 0.977 bits per heavy atom. The molecule has 0 spiro atoms. The van der Waals surface area contributed by atoms with E-state index in [0.29, 0.717) is 42.0 Å². The number of rotatable bonds is 16. The van der Waals surface area contributed by atoms with Crippen molar-refractivity contribution in [2.45, 2.75) is 58.2 Å². The summed E-state index contributed by atoms with van der Waals surface area (Å²) in [6, 6.07) is 14.6. The van der Waals surface area contributed by atoms with Crippen LogP contribution in [0.3, 0.4) is 0 Å². The topological polar surface area (TPSA) is 90.9 Å². The molecule has 0 unspecified atom stereocenters. The molecule has 2 atom stereocenters. The fourth-order valence-corrected chi connectivity index (χ4v) is 5.04. The smallest absolute Gasteiger partial charge is 0.254 e. The minimum Gasteiger partial charge on any atom is -0.497 e. The van der Waals surface area contributed by atoms with Gasteiger partial charge >= 0.3 is 0 Å². The van der Waals surface area contributed by atoms with Gasteiger partial charge in [0, 0.05) is 49.8 Å². The lowest BCUT2D eigenvalue weighted by Crippen LogP contribution is -2.51. The fourth-order valence-electron chi connectivity index (χ4n) is 5.04. The number of carbonyl (C=O) groups excluding carboxylic acids is 2. The van der Waals surface area contributed by atoms with Gasteiger partial charge in [-0.1, -0.05) is 26.0 Å². The van der Waals surface area contributed by atoms with Crippen molar-refractivity contribution in [1.29, 1.82) is 0 Å². The van der Waals surface area contributed by atoms with Crippen LogP contribution in [0.5, 0.6) is 5.75 Å². The van der Waals surface area contributed by atoms with Crippen LogP contribution in [-0.4, -0.2) is 60.7 Å². The molecule has 3 aromatic rings. The highest BCUT2D eigenvalue weighted by molar-refractivity contribution is 6.00. The number of benzene rings is 3. The molecular formula is C35H41F2N3O4. The van der Waals surface area contributed by atoms with Gasteiger partial charge in [0.05, 0.1) is 19.3 Å². The highest BCUT2D eigenvalue weighted by Gasteiger charge is 2.31. The zero-order chi connectivity index (χ0) is 32.1. The van der Waals surface area contributed by atoms with E-state index in [2.05, 4.69) is 16.6 Å². The van der Waals surface area contributed by atoms with Gasteiger partial charge in [0.2, 0.25) is 0 Å². The first kappa shape index (κ1) is 34.2. The van der Waals surface area contributed by atoms with Gasteiger partial charge in [-0.2, -0.15) is 0 Å². The molecule has 2 amide bonds. The number of aliphatic hydroxyl groups is 1. The molecule has 0 bridgehead atoms. The Morgan fingerprint density at radius 3 is 2.36 bits per heavy atom. The van der Waals surface area contributed by atoms with E-state index < -0.39 is 29.7 Å². The second-order valence-corrected chi connectivity index (χ2v) is 10.7. The summed E-state index contributed by atoms with van der Waals surface area (Å²) in [6.07, 6.45) is 5.95. The molecule has 0 aliphatic carbocycles. The largest absolute Gasteiger partial charge is 0.497 e. The van der Waals surface area contributed by atoms with Crippen LogP contribution in [0.15, 0.2) is 60.7 Å². The Balaban J connectivity index is 1.96. The van der Waals surface area contributed by atoms with E-state index in [-0.39, 0.29) is 37.4 Å². The highest BCUT2D eigenvalue weighted by Crippen LogP contribution is 2.21. The Labute approximate surface area is 258 Å². The number of terminal acetylenes is 1. The number of ether oxygens (including phenoxy) is 1. The maximum absolute atomic E-state index is 14.2. The summed E-state index contributed by atoms with van der Waals surface area (Å²) in [4.78, 5) is 28.5. The van der Waals surface area contributed by atoms with Crippen molar-refractivity contribution in [3.05, 3.63) is 100 Å². The third-order valence-corrected chi connectivity index (χ3v) is 7.10. The normalized spacial score (nSPS) is 12.2. The summed E-state index contributed by atoms with van der Waals surface area (Å²) >= 11 is 0. The van der Waals surface area contributed by atoms with Gasteiger partial charge in [0.15, 0.2) is 0 Å². The number of nitrogens with zero attached hydrogens (tertiary/aromatic N) is 1. The van der Waals surface area contributed by atoms with Crippen molar-refractivity contribution in [1.82, 2.24) is 15.5 Å². The Morgan fingerprint density at radius 2 is 1.70 bits per heavy atom. The van der Waals surface area contributed by atoms with Gasteiger partial charge in [0.1, 0.15) is 17.4 Å². The summed E-state index contributed by atoms with van der Waals surface area (Å²) in [5.41, 5.74) is 2.39. The van der Waals surface area contributed by atoms with Crippen LogP contribution in [0.4, 0.5) is 8.78 Å². The number of hydrogen-bond donors (Lipinski definition) is 3. The number of nitrogens with one attached hydrogen (secondary N) is 2. The first-order valence-electron chi connectivity index (χ1n) is 14.8. The van der Waals surface area contributed by atoms with E-state index in [4.69, 9.17) is 11.2 Å². The van der Waals surface area contributed by atoms with E-state index in [1.54, 1.807) is 19.2 Å². The third-order valence-electron chi connectivity index (χ3n) is 7.10. The monoisotopic (exact) mass is 605 g/mol. The van der Waals surface area contributed by atoms with Crippen LogP contribution < -0.4 is 15.4 Å². The molecule has 7 nitrogen and oxygen atoms in total. The number of methoxy groups -OCH3 is 1. The Hall–Kier alpha value is -4.26. The van der Waals surface area contributed by atoms with Gasteiger partial charge in [-0.3, -0.25) is 9.59 Å². The van der Waals surface area contributed by atoms with Crippen molar-refractivity contribution >= 4 is 11.8 Å². The number of hydrogen-bond acceptors (Lipinski definition) is 5. The minimum atomic E-state index is -1.11. The minimum absolute atomic E-state index is 0.00365. The highest BCUT2D eigenvalue weighted by atomic mass is 19.1. The van der Waals surface area contributed by atoms with Gasteiger partial charge in [-0.05, 0) is 78.4 Å². The van der Waals surface area contributed by atoms with E-state index >= 15 is 0 Å². The van der Waals surface area contributed by atoms with Crippen molar-refractivity contribution in [3.8, 4) is 18.1 Å². The predicted molar refractivity (Wildman–Crippen MR) is 167 cm³/mol. The van der Waals surface area contributed by atoms with Crippen LogP contribution in [0.25, 0.3) is 0 Å². The first-order valence-corrected chi connectivity index (χ1v) is 14.8. The molecule has 0 saturated heterocycles. The number of carbonyl (C=O) groups is 2. The summed E-state index contributed by atoms with van der Waals surface area (Å²) in [5, 5.41) is 17.5. The summed E-state index contributed by atoms with van der Waals surface area (Å²) in [5.74, 6) is 1.01. The molecule has 0 heterocycles. The van der Waals surface area contributed by atoms with Gasteiger partial charge in [-0.15, -0.1) is 12.3 Å². The SMILES string of the molecule is C#CCc1cc(C(=O)NCCC)cc(C(=O)N(CCC)[C@@H](Cc2cc(F)cc(F)c2)[C@H](O)CNCc2cccc(OC)c2)c1. The molecule has 0 aliphatic rings. The third kappa shape index (κ3) is 9.90. The molecule has 0 saturated carbocycles. The van der Waals surface area contributed by atoms with E-state index in [1.807, 2.05) is 38.1 Å². The lowest BCUT2D eigenvalue weighted by Gasteiger charge is -2.35. The standard InChI is InChI=1S/C35H41F2N3O4/c1-5-9-24-14-27(34(42)39-12-6-2)20-28(15-24)35(43)40(13-7-3)32(19-26-16-29(36)21-30(37)17-26)33(41)23-38-22-25-10-8-11-31(18-25)44-4/h1,8,10-11,14-18,20-21,32-33,38,41H,6-7,9,12-13,19,22-23H2,2-4H3,(H,39,42)/t32-,33+/m0/s1. The number of halogens is 2. The van der Waals surface area contributed by atoms with Gasteiger partial charge < -0.3 is 25.4 Å². The predicted octanol–water partition coefficient (Wildman–Crippen LogP) is 4.90. The maximum atomic E-state index is 14.2. The van der Waals surface area contributed by atoms with Gasteiger partial charge in [0.25, 0.3) is 11.8 Å². The van der Waals surface area contributed by atoms with E-state index in [0.717, 1.165) is 18.1 Å². The van der Waals surface area contributed by atoms with Crippen LogP contribution in [0.1, 0.15) is 64.1 Å². The molecule has 234 valence electrons. The summed E-state index contributed by atoms with van der Waals surface area (Å²) in [7, 11) is 1.58. The molecule has 3 N–H and O–H groups in total. The first-order chi connectivity index (χ1) is 21.2. The fraction of sp³-hybridized carbons (Fsp3) is 0.371. The quantitative estimate of drug-likeness (QED) is 0.202. The molecule has 44 heavy (non-hydrogen) atoms. The lowest BCUT2D eigenvalue weighted by atomic mass is 9.96. The number of aliphatic hydroxyl groups excluding tert-OH is 1. The van der Waals surface area contributed by atoms with Crippen LogP contribution in [-0.2, 0) is 19.4 Å². The van der Waals surface area contributed by atoms with Crippen LogP contribution in [0, 0.1) is 24.0 Å². The van der Waals surface area contributed by atoms with Crippen LogP contribution in [0.2, 0.25) is 0 Å². The molecule has 3 aromatic carbocycles. The second-order valence-electron chi connectivity index (χ2n) is 10.7. The van der Waals surface area contributed by atoms with E-state index in [9.17, 15) is 23.5 Å². The zero-order valence-electron chi connectivity index (χ0n) is 25.5. The Bertz CT molecular complexity index is 1440. The average molecular weight is 606 g/mol. The molecule has 0 radical (unpaired) electrons. The second kappa shape index (κ2) is 17.1. The van der Waals surface area contributed by atoms with Crippen molar-refractivity contribution in [2.75, 3.05) is 26.7 Å². The van der Waals surface area contributed by atoms with Crippen molar-refractivity contribution in [2.24, 2.45) is 0 Å². The molecule has 3 rings (SSSR count). The van der Waals surface area contributed by atoms with Crippen molar-refractivity contribution in [3.63, 3.8) is 0 Å². The van der Waals surface area contributed by atoms with E-state index in [1.165, 1.54) is 23.1 Å². The molecule has 0 aromatic heterocycles. The van der Waals surface area contributed by atoms with Crippen molar-refractivity contribution < 1.29 is 28.2 Å². The molecule has 9 heteroatoms.